The van der Waals surface area contributed by atoms with Crippen LogP contribution in [-0.2, 0) is 28.5 Å². The molecule has 8 unspecified atom stereocenters. The zero-order valence-electron chi connectivity index (χ0n) is 18.7. The molecule has 9 atom stereocenters. The molecule has 0 amide bonds. The second kappa shape index (κ2) is 7.99. The Morgan fingerprint density at radius 1 is 0.806 bits per heavy atom. The molecule has 5 rings (SSSR count). The van der Waals surface area contributed by atoms with Crippen LogP contribution in [0.3, 0.4) is 0 Å². The zero-order chi connectivity index (χ0) is 21.8. The number of esters is 2. The fourth-order valence-corrected chi connectivity index (χ4v) is 6.05. The van der Waals surface area contributed by atoms with Gasteiger partial charge < -0.3 is 24.1 Å². The lowest BCUT2D eigenvalue weighted by Gasteiger charge is -2.32. The lowest BCUT2D eigenvalue weighted by atomic mass is 9.77. The molecule has 0 spiro atoms. The van der Waals surface area contributed by atoms with Crippen molar-refractivity contribution in [1.82, 2.24) is 0 Å². The average molecular weight is 437 g/mol. The highest BCUT2D eigenvalue weighted by molar-refractivity contribution is 5.82. The fraction of sp³-hybridized carbons (Fsp3) is 0.917. The third kappa shape index (κ3) is 4.51. The van der Waals surface area contributed by atoms with Crippen LogP contribution < -0.4 is 0 Å². The topological polar surface area (TPSA) is 97.9 Å². The van der Waals surface area contributed by atoms with Crippen molar-refractivity contribution in [3.05, 3.63) is 0 Å². The van der Waals surface area contributed by atoms with E-state index < -0.39 is 17.9 Å². The molecular weight excluding hydrogens is 400 g/mol. The Kier molecular flexibility index (Phi) is 5.58. The molecule has 0 aromatic carbocycles. The molecule has 0 aromatic rings. The summed E-state index contributed by atoms with van der Waals surface area (Å²) in [5.74, 6) is -1.20. The molecule has 7 nitrogen and oxygen atoms in total. The number of epoxide rings is 2. The van der Waals surface area contributed by atoms with Crippen LogP contribution in [0.1, 0.15) is 71.6 Å². The van der Waals surface area contributed by atoms with Crippen molar-refractivity contribution in [1.29, 1.82) is 0 Å². The highest BCUT2D eigenvalue weighted by atomic mass is 16.6. The molecule has 0 radical (unpaired) electrons. The first-order valence-corrected chi connectivity index (χ1v) is 12.1. The van der Waals surface area contributed by atoms with Gasteiger partial charge in [0, 0.05) is 0 Å². The van der Waals surface area contributed by atoms with Crippen molar-refractivity contribution in [2.45, 2.75) is 101 Å². The standard InChI is InChI=1S/C24H36O7/c1-23-7-5-14(9-19(23)30-23)12-28-21(26)17-4-3-16(25)11-18(17)22(27)29-13-15-6-8-24(2)20(10-15)31-24/h14-20,25H,3-13H2,1-2H3/t14?,15?,16-,17?,18?,19?,20?,23?,24?/m1/s1. The number of carbonyl (C=O) groups is 2. The maximum atomic E-state index is 12.9. The van der Waals surface area contributed by atoms with E-state index in [9.17, 15) is 14.7 Å². The van der Waals surface area contributed by atoms with Gasteiger partial charge in [0.25, 0.3) is 0 Å². The lowest BCUT2D eigenvalue weighted by molar-refractivity contribution is -0.166. The minimum atomic E-state index is -0.622. The Morgan fingerprint density at radius 2 is 1.32 bits per heavy atom. The fourth-order valence-electron chi connectivity index (χ4n) is 6.05. The van der Waals surface area contributed by atoms with Crippen molar-refractivity contribution < 1.29 is 33.6 Å². The van der Waals surface area contributed by atoms with E-state index in [1.807, 2.05) is 0 Å². The second-order valence-electron chi connectivity index (χ2n) is 11.1. The molecule has 5 aliphatic rings. The molecule has 3 aliphatic carbocycles. The predicted octanol–water partition coefficient (Wildman–Crippen LogP) is 2.77. The molecule has 2 heterocycles. The minimum absolute atomic E-state index is 0.0471. The summed E-state index contributed by atoms with van der Waals surface area (Å²) in [5.41, 5.74) is 0.100. The largest absolute Gasteiger partial charge is 0.465 e. The summed E-state index contributed by atoms with van der Waals surface area (Å²) in [7, 11) is 0. The maximum Gasteiger partial charge on any atom is 0.309 e. The van der Waals surface area contributed by atoms with Crippen LogP contribution in [0.5, 0.6) is 0 Å². The van der Waals surface area contributed by atoms with E-state index in [1.165, 1.54) is 0 Å². The van der Waals surface area contributed by atoms with E-state index in [1.54, 1.807) is 0 Å². The highest BCUT2D eigenvalue weighted by Gasteiger charge is 2.56. The van der Waals surface area contributed by atoms with E-state index in [0.717, 1.165) is 38.5 Å². The third-order valence-corrected chi connectivity index (χ3v) is 8.61. The van der Waals surface area contributed by atoms with E-state index in [0.29, 0.717) is 50.1 Å². The molecule has 3 saturated carbocycles. The first-order chi connectivity index (χ1) is 14.8. The maximum absolute atomic E-state index is 12.9. The Balaban J connectivity index is 1.11. The summed E-state index contributed by atoms with van der Waals surface area (Å²) < 4.78 is 22.8. The van der Waals surface area contributed by atoms with Crippen LogP contribution in [0.25, 0.3) is 0 Å². The number of fused-ring (bicyclic) bond motifs is 2. The van der Waals surface area contributed by atoms with Crippen LogP contribution in [0, 0.1) is 23.7 Å². The molecule has 1 N–H and O–H groups in total. The van der Waals surface area contributed by atoms with Crippen molar-refractivity contribution in [3.63, 3.8) is 0 Å². The van der Waals surface area contributed by atoms with Gasteiger partial charge in [-0.2, -0.15) is 0 Å². The SMILES string of the molecule is CC12CCC(COC(=O)C3CC[C@@H](O)CC3C(=O)OCC3CCC4(C)OC4C3)CC1O2. The quantitative estimate of drug-likeness (QED) is 0.505. The Labute approximate surface area is 184 Å². The van der Waals surface area contributed by atoms with Gasteiger partial charge >= 0.3 is 11.9 Å². The Bertz CT molecular complexity index is 725. The van der Waals surface area contributed by atoms with Crippen LogP contribution in [0.15, 0.2) is 0 Å². The molecule has 7 heteroatoms. The zero-order valence-corrected chi connectivity index (χ0v) is 18.7. The molecule has 174 valence electrons. The van der Waals surface area contributed by atoms with Gasteiger partial charge in [-0.25, -0.2) is 0 Å². The summed E-state index contributed by atoms with van der Waals surface area (Å²) in [6.45, 7) is 5.04. The van der Waals surface area contributed by atoms with Crippen LogP contribution in [0.4, 0.5) is 0 Å². The van der Waals surface area contributed by atoms with Crippen LogP contribution >= 0.6 is 0 Å². The van der Waals surface area contributed by atoms with E-state index in [2.05, 4.69) is 13.8 Å². The lowest BCUT2D eigenvalue weighted by Crippen LogP contribution is -2.40. The van der Waals surface area contributed by atoms with Gasteiger partial charge in [-0.1, -0.05) is 0 Å². The second-order valence-corrected chi connectivity index (χ2v) is 11.1. The van der Waals surface area contributed by atoms with E-state index in [4.69, 9.17) is 18.9 Å². The number of ether oxygens (including phenoxy) is 4. The normalized spacial score (nSPS) is 48.2. The van der Waals surface area contributed by atoms with Gasteiger partial charge in [0.05, 0.1) is 54.6 Å². The minimum Gasteiger partial charge on any atom is -0.465 e. The predicted molar refractivity (Wildman–Crippen MR) is 110 cm³/mol. The van der Waals surface area contributed by atoms with Gasteiger partial charge in [0.15, 0.2) is 0 Å². The smallest absolute Gasteiger partial charge is 0.309 e. The molecule has 0 aromatic heterocycles. The van der Waals surface area contributed by atoms with Gasteiger partial charge in [-0.15, -0.1) is 0 Å². The number of hydrogen-bond donors (Lipinski definition) is 1. The summed E-state index contributed by atoms with van der Waals surface area (Å²) in [5, 5.41) is 10.1. The average Bonchev–Trinajstić information content (AvgIpc) is 3.62. The van der Waals surface area contributed by atoms with Crippen LogP contribution in [0.2, 0.25) is 0 Å². The van der Waals surface area contributed by atoms with E-state index >= 15 is 0 Å². The highest BCUT2D eigenvalue weighted by Crippen LogP contribution is 2.50. The van der Waals surface area contributed by atoms with Gasteiger partial charge in [0.2, 0.25) is 0 Å². The number of hydrogen-bond acceptors (Lipinski definition) is 7. The summed E-state index contributed by atoms with van der Waals surface area (Å²) in [4.78, 5) is 25.7. The molecule has 31 heavy (non-hydrogen) atoms. The van der Waals surface area contributed by atoms with E-state index in [-0.39, 0.29) is 29.6 Å². The van der Waals surface area contributed by atoms with Gasteiger partial charge in [0.1, 0.15) is 0 Å². The van der Waals surface area contributed by atoms with Crippen molar-refractivity contribution in [3.8, 4) is 0 Å². The van der Waals surface area contributed by atoms with Crippen molar-refractivity contribution in [2.75, 3.05) is 13.2 Å². The number of carbonyl (C=O) groups excluding carboxylic acids is 2. The van der Waals surface area contributed by atoms with Gasteiger partial charge in [-0.3, -0.25) is 9.59 Å². The van der Waals surface area contributed by atoms with Gasteiger partial charge in [-0.05, 0) is 83.5 Å². The molecule has 0 bridgehead atoms. The Morgan fingerprint density at radius 3 is 1.84 bits per heavy atom. The first kappa shape index (κ1) is 21.7. The molecular formula is C24H36O7. The Hall–Kier alpha value is -1.18. The van der Waals surface area contributed by atoms with Crippen molar-refractivity contribution >= 4 is 11.9 Å². The summed E-state index contributed by atoms with van der Waals surface area (Å²) in [6, 6.07) is 0. The monoisotopic (exact) mass is 436 g/mol. The number of aliphatic hydroxyl groups is 1. The summed E-state index contributed by atoms with van der Waals surface area (Å²) in [6.07, 6.45) is 7.14. The third-order valence-electron chi connectivity index (χ3n) is 8.61. The van der Waals surface area contributed by atoms with Crippen molar-refractivity contribution in [2.24, 2.45) is 23.7 Å². The molecule has 5 fully saturated rings. The first-order valence-electron chi connectivity index (χ1n) is 12.1. The van der Waals surface area contributed by atoms with Crippen LogP contribution in [-0.4, -0.2) is 59.8 Å². The number of aliphatic hydroxyl groups excluding tert-OH is 1. The number of rotatable bonds is 6. The molecule has 2 aliphatic heterocycles. The summed E-state index contributed by atoms with van der Waals surface area (Å²) >= 11 is 0. The molecule has 2 saturated heterocycles.